The molecule has 0 aromatic heterocycles. The van der Waals surface area contributed by atoms with Gasteiger partial charge in [-0.2, -0.15) is 0 Å². The molecule has 1 atom stereocenters. The molecule has 0 bridgehead atoms. The summed E-state index contributed by atoms with van der Waals surface area (Å²) in [5, 5.41) is 11.5. The summed E-state index contributed by atoms with van der Waals surface area (Å²) in [6.45, 7) is 3.75. The van der Waals surface area contributed by atoms with Gasteiger partial charge in [0.2, 0.25) is 5.91 Å². The molecule has 0 saturated carbocycles. The van der Waals surface area contributed by atoms with Crippen molar-refractivity contribution in [3.05, 3.63) is 29.6 Å². The molecule has 2 N–H and O–H groups in total. The zero-order valence-corrected chi connectivity index (χ0v) is 12.4. The Morgan fingerprint density at radius 3 is 2.52 bits per heavy atom. The standard InChI is InChI=1S/C15H20FNO4/c1-9(2)6-12(15(19)20)17-14(18)8-10-4-5-13(21-3)11(16)7-10/h4-5,7,9,12H,6,8H2,1-3H3,(H,17,18)(H,19,20)/t12-/m1/s1. The van der Waals surface area contributed by atoms with Crippen LogP contribution in [0.1, 0.15) is 25.8 Å². The van der Waals surface area contributed by atoms with Gasteiger partial charge in [0.1, 0.15) is 6.04 Å². The third-order valence-corrected chi connectivity index (χ3v) is 2.92. The summed E-state index contributed by atoms with van der Waals surface area (Å²) in [5.74, 6) is -1.84. The predicted octanol–water partition coefficient (Wildman–Crippen LogP) is 1.99. The first kappa shape index (κ1) is 16.9. The molecule has 0 unspecified atom stereocenters. The van der Waals surface area contributed by atoms with Gasteiger partial charge in [-0.05, 0) is 30.0 Å². The van der Waals surface area contributed by atoms with Gasteiger partial charge in [-0.3, -0.25) is 4.79 Å². The molecule has 21 heavy (non-hydrogen) atoms. The Morgan fingerprint density at radius 2 is 2.05 bits per heavy atom. The highest BCUT2D eigenvalue weighted by atomic mass is 19.1. The van der Waals surface area contributed by atoms with Crippen LogP contribution in [0.4, 0.5) is 4.39 Å². The second kappa shape index (κ2) is 7.61. The van der Waals surface area contributed by atoms with Gasteiger partial charge in [-0.25, -0.2) is 9.18 Å². The van der Waals surface area contributed by atoms with Crippen molar-refractivity contribution in [1.82, 2.24) is 5.32 Å². The predicted molar refractivity (Wildman–Crippen MR) is 75.7 cm³/mol. The van der Waals surface area contributed by atoms with Crippen LogP contribution in [0.25, 0.3) is 0 Å². The number of halogens is 1. The van der Waals surface area contributed by atoms with E-state index in [0.717, 1.165) is 0 Å². The first-order valence-electron chi connectivity index (χ1n) is 6.68. The average Bonchev–Trinajstić information content (AvgIpc) is 2.37. The Morgan fingerprint density at radius 1 is 1.38 bits per heavy atom. The fourth-order valence-corrected chi connectivity index (χ4v) is 1.94. The number of amides is 1. The van der Waals surface area contributed by atoms with Crippen LogP contribution in [0.3, 0.4) is 0 Å². The number of nitrogens with one attached hydrogen (secondary N) is 1. The summed E-state index contributed by atoms with van der Waals surface area (Å²) in [6.07, 6.45) is 0.265. The molecule has 5 nitrogen and oxygen atoms in total. The van der Waals surface area contributed by atoms with Gasteiger partial charge in [-0.1, -0.05) is 19.9 Å². The number of hydrogen-bond acceptors (Lipinski definition) is 3. The minimum Gasteiger partial charge on any atom is -0.494 e. The first-order chi connectivity index (χ1) is 9.83. The Kier molecular flexibility index (Phi) is 6.14. The third kappa shape index (κ3) is 5.41. The maximum absolute atomic E-state index is 13.5. The van der Waals surface area contributed by atoms with Gasteiger partial charge in [0.15, 0.2) is 11.6 Å². The summed E-state index contributed by atoms with van der Waals surface area (Å²) >= 11 is 0. The van der Waals surface area contributed by atoms with Crippen LogP contribution < -0.4 is 10.1 Å². The van der Waals surface area contributed by atoms with Crippen molar-refractivity contribution in [3.63, 3.8) is 0 Å². The fourth-order valence-electron chi connectivity index (χ4n) is 1.94. The number of hydrogen-bond donors (Lipinski definition) is 2. The lowest BCUT2D eigenvalue weighted by Crippen LogP contribution is -2.42. The number of carboxylic acid groups (broad SMARTS) is 1. The smallest absolute Gasteiger partial charge is 0.326 e. The van der Waals surface area contributed by atoms with E-state index in [4.69, 9.17) is 9.84 Å². The number of rotatable bonds is 7. The molecule has 6 heteroatoms. The van der Waals surface area contributed by atoms with Gasteiger partial charge < -0.3 is 15.2 Å². The number of carboxylic acids is 1. The highest BCUT2D eigenvalue weighted by Crippen LogP contribution is 2.18. The third-order valence-electron chi connectivity index (χ3n) is 2.92. The van der Waals surface area contributed by atoms with Crippen LogP contribution >= 0.6 is 0 Å². The van der Waals surface area contributed by atoms with Crippen molar-refractivity contribution in [1.29, 1.82) is 0 Å². The van der Waals surface area contributed by atoms with Crippen LogP contribution in [0.5, 0.6) is 5.75 Å². The molecule has 0 aliphatic rings. The van der Waals surface area contributed by atoms with Crippen molar-refractivity contribution in [2.45, 2.75) is 32.7 Å². The van der Waals surface area contributed by atoms with E-state index in [2.05, 4.69) is 5.32 Å². The maximum Gasteiger partial charge on any atom is 0.326 e. The lowest BCUT2D eigenvalue weighted by Gasteiger charge is -2.16. The van der Waals surface area contributed by atoms with Crippen molar-refractivity contribution in [3.8, 4) is 5.75 Å². The van der Waals surface area contributed by atoms with Gasteiger partial charge in [0, 0.05) is 0 Å². The number of carbonyl (C=O) groups is 2. The van der Waals surface area contributed by atoms with Crippen molar-refractivity contribution in [2.75, 3.05) is 7.11 Å². The van der Waals surface area contributed by atoms with Gasteiger partial charge >= 0.3 is 5.97 Å². The summed E-state index contributed by atoms with van der Waals surface area (Å²) in [6, 6.07) is 3.28. The molecule has 0 spiro atoms. The molecule has 0 aliphatic heterocycles. The number of benzene rings is 1. The Hall–Kier alpha value is -2.11. The van der Waals surface area contributed by atoms with Crippen LogP contribution in [0.15, 0.2) is 18.2 Å². The molecule has 0 saturated heterocycles. The van der Waals surface area contributed by atoms with Gasteiger partial charge in [0.25, 0.3) is 0 Å². The maximum atomic E-state index is 13.5. The van der Waals surface area contributed by atoms with Crippen LogP contribution in [-0.4, -0.2) is 30.1 Å². The van der Waals surface area contributed by atoms with E-state index in [1.54, 1.807) is 6.07 Å². The highest BCUT2D eigenvalue weighted by Gasteiger charge is 2.21. The van der Waals surface area contributed by atoms with Crippen LogP contribution in [-0.2, 0) is 16.0 Å². The van der Waals surface area contributed by atoms with Gasteiger partial charge in [-0.15, -0.1) is 0 Å². The average molecular weight is 297 g/mol. The van der Waals surface area contributed by atoms with E-state index in [0.29, 0.717) is 12.0 Å². The van der Waals surface area contributed by atoms with Gasteiger partial charge in [0.05, 0.1) is 13.5 Å². The molecule has 1 amide bonds. The second-order valence-corrected chi connectivity index (χ2v) is 5.23. The molecule has 0 aliphatic carbocycles. The van der Waals surface area contributed by atoms with Crippen molar-refractivity contribution < 1.29 is 23.8 Å². The highest BCUT2D eigenvalue weighted by molar-refractivity contribution is 5.84. The molecule has 116 valence electrons. The number of methoxy groups -OCH3 is 1. The van der Waals surface area contributed by atoms with E-state index >= 15 is 0 Å². The second-order valence-electron chi connectivity index (χ2n) is 5.23. The largest absolute Gasteiger partial charge is 0.494 e. The monoisotopic (exact) mass is 297 g/mol. The van der Waals surface area contributed by atoms with E-state index in [9.17, 15) is 14.0 Å². The fraction of sp³-hybridized carbons (Fsp3) is 0.467. The molecule has 0 fully saturated rings. The minimum atomic E-state index is -1.07. The van der Waals surface area contributed by atoms with Crippen molar-refractivity contribution >= 4 is 11.9 Å². The summed E-state index contributed by atoms with van der Waals surface area (Å²) < 4.78 is 18.3. The molecule has 0 heterocycles. The summed E-state index contributed by atoms with van der Waals surface area (Å²) in [4.78, 5) is 22.9. The van der Waals surface area contributed by atoms with E-state index < -0.39 is 23.7 Å². The van der Waals surface area contributed by atoms with Crippen molar-refractivity contribution in [2.24, 2.45) is 5.92 Å². The number of aliphatic carboxylic acids is 1. The summed E-state index contributed by atoms with van der Waals surface area (Å²) in [5.41, 5.74) is 0.458. The lowest BCUT2D eigenvalue weighted by molar-refractivity contribution is -0.142. The Bertz CT molecular complexity index is 516. The van der Waals surface area contributed by atoms with E-state index in [-0.39, 0.29) is 18.1 Å². The molecule has 1 aromatic carbocycles. The normalized spacial score (nSPS) is 12.0. The molecule has 1 rings (SSSR count). The Labute approximate surface area is 123 Å². The Balaban J connectivity index is 2.67. The molecular formula is C15H20FNO4. The topological polar surface area (TPSA) is 75.6 Å². The zero-order chi connectivity index (χ0) is 16.0. The molecule has 0 radical (unpaired) electrons. The quantitative estimate of drug-likeness (QED) is 0.807. The molecular weight excluding hydrogens is 277 g/mol. The SMILES string of the molecule is COc1ccc(CC(=O)N[C@H](CC(C)C)C(=O)O)cc1F. The first-order valence-corrected chi connectivity index (χ1v) is 6.68. The van der Waals surface area contributed by atoms with Crippen LogP contribution in [0.2, 0.25) is 0 Å². The van der Waals surface area contributed by atoms with E-state index in [1.165, 1.54) is 19.2 Å². The number of carbonyl (C=O) groups excluding carboxylic acids is 1. The van der Waals surface area contributed by atoms with Crippen LogP contribution in [0, 0.1) is 11.7 Å². The minimum absolute atomic E-state index is 0.0806. The van der Waals surface area contributed by atoms with E-state index in [1.807, 2.05) is 13.8 Å². The zero-order valence-electron chi connectivity index (χ0n) is 12.4. The summed E-state index contributed by atoms with van der Waals surface area (Å²) in [7, 11) is 1.36. The molecule has 1 aromatic rings. The lowest BCUT2D eigenvalue weighted by atomic mass is 10.0. The number of ether oxygens (including phenoxy) is 1.